The maximum absolute atomic E-state index is 12.6. The molecule has 2 N–H and O–H groups in total. The molecule has 0 atom stereocenters. The fourth-order valence-electron chi connectivity index (χ4n) is 3.32. The number of benzene rings is 1. The Bertz CT molecular complexity index is 660. The zero-order chi connectivity index (χ0) is 17.0. The van der Waals surface area contributed by atoms with E-state index in [4.69, 9.17) is 5.14 Å². The zero-order valence-electron chi connectivity index (χ0n) is 13.9. The van der Waals surface area contributed by atoms with E-state index < -0.39 is 10.0 Å². The second-order valence-electron chi connectivity index (χ2n) is 6.11. The highest BCUT2D eigenvalue weighted by Gasteiger charge is 2.25. The van der Waals surface area contributed by atoms with Gasteiger partial charge in [0.25, 0.3) is 5.91 Å². The van der Waals surface area contributed by atoms with Gasteiger partial charge >= 0.3 is 0 Å². The number of carbonyl (C=O) groups is 1. The van der Waals surface area contributed by atoms with Gasteiger partial charge in [-0.15, -0.1) is 0 Å². The van der Waals surface area contributed by atoms with Gasteiger partial charge in [-0.2, -0.15) is 0 Å². The molecule has 5 nitrogen and oxygen atoms in total. The molecular formula is C17H26N2O3S. The van der Waals surface area contributed by atoms with Gasteiger partial charge in [-0.25, -0.2) is 13.6 Å². The van der Waals surface area contributed by atoms with E-state index in [0.717, 1.165) is 31.2 Å². The van der Waals surface area contributed by atoms with E-state index >= 15 is 0 Å². The summed E-state index contributed by atoms with van der Waals surface area (Å²) in [4.78, 5) is 14.1. The lowest BCUT2D eigenvalue weighted by Gasteiger charge is -2.24. The second-order valence-corrected chi connectivity index (χ2v) is 7.64. The lowest BCUT2D eigenvalue weighted by atomic mass is 9.84. The maximum Gasteiger partial charge on any atom is 0.255 e. The number of nitrogens with zero attached hydrogens (tertiary/aromatic N) is 1. The number of sulfonamides is 1. The summed E-state index contributed by atoms with van der Waals surface area (Å²) in [6.07, 6.45) is 5.68. The molecule has 0 aromatic heterocycles. The smallest absolute Gasteiger partial charge is 0.255 e. The Labute approximate surface area is 138 Å². The molecule has 0 aliphatic heterocycles. The van der Waals surface area contributed by atoms with Gasteiger partial charge in [0.2, 0.25) is 10.0 Å². The Balaban J connectivity index is 2.45. The average molecular weight is 338 g/mol. The second kappa shape index (κ2) is 7.45. The number of hydrogen-bond acceptors (Lipinski definition) is 3. The van der Waals surface area contributed by atoms with Crippen LogP contribution in [0.5, 0.6) is 0 Å². The molecule has 1 saturated carbocycles. The Kier molecular flexibility index (Phi) is 5.81. The molecule has 0 unspecified atom stereocenters. The SMILES string of the molecule is CCN(CC)C(=O)c1ccc(C2CCCCC2)cc1S(N)(=O)=O. The van der Waals surface area contributed by atoms with Gasteiger partial charge in [0.1, 0.15) is 0 Å². The van der Waals surface area contributed by atoms with Crippen molar-refractivity contribution in [2.45, 2.75) is 56.8 Å². The van der Waals surface area contributed by atoms with E-state index in [1.54, 1.807) is 17.0 Å². The topological polar surface area (TPSA) is 80.5 Å². The first-order valence-electron chi connectivity index (χ1n) is 8.34. The van der Waals surface area contributed by atoms with Crippen LogP contribution in [-0.2, 0) is 10.0 Å². The van der Waals surface area contributed by atoms with Crippen molar-refractivity contribution in [3.05, 3.63) is 29.3 Å². The largest absolute Gasteiger partial charge is 0.339 e. The van der Waals surface area contributed by atoms with Crippen LogP contribution in [0.3, 0.4) is 0 Å². The summed E-state index contributed by atoms with van der Waals surface area (Å²) in [6, 6.07) is 5.13. The summed E-state index contributed by atoms with van der Waals surface area (Å²) in [5.41, 5.74) is 1.15. The van der Waals surface area contributed by atoms with E-state index in [1.165, 1.54) is 6.42 Å². The van der Waals surface area contributed by atoms with Crippen LogP contribution in [-0.4, -0.2) is 32.3 Å². The van der Waals surface area contributed by atoms with Crippen LogP contribution in [0.4, 0.5) is 0 Å². The van der Waals surface area contributed by atoms with Crippen molar-refractivity contribution < 1.29 is 13.2 Å². The Morgan fingerprint density at radius 3 is 2.30 bits per heavy atom. The molecule has 0 radical (unpaired) electrons. The third-order valence-electron chi connectivity index (χ3n) is 4.67. The van der Waals surface area contributed by atoms with Crippen molar-refractivity contribution in [3.8, 4) is 0 Å². The summed E-state index contributed by atoms with van der Waals surface area (Å²) in [5, 5.41) is 5.38. The Morgan fingerprint density at radius 1 is 1.17 bits per heavy atom. The van der Waals surface area contributed by atoms with Crippen LogP contribution in [0.25, 0.3) is 0 Å². The van der Waals surface area contributed by atoms with Gasteiger partial charge in [-0.3, -0.25) is 4.79 Å². The highest BCUT2D eigenvalue weighted by molar-refractivity contribution is 7.89. The third kappa shape index (κ3) is 4.12. The summed E-state index contributed by atoms with van der Waals surface area (Å²) in [6.45, 7) is 4.80. The third-order valence-corrected chi connectivity index (χ3v) is 5.62. The molecule has 1 aromatic rings. The number of rotatable bonds is 5. The fourth-order valence-corrected chi connectivity index (χ4v) is 4.08. The number of primary sulfonamides is 1. The van der Waals surface area contributed by atoms with Crippen molar-refractivity contribution in [3.63, 3.8) is 0 Å². The molecule has 1 fully saturated rings. The first kappa shape index (κ1) is 17.9. The molecule has 1 aromatic carbocycles. The van der Waals surface area contributed by atoms with Gasteiger partial charge in [0, 0.05) is 13.1 Å². The molecule has 0 heterocycles. The van der Waals surface area contributed by atoms with Crippen LogP contribution in [0.15, 0.2) is 23.1 Å². The van der Waals surface area contributed by atoms with Crippen molar-refractivity contribution in [1.82, 2.24) is 4.90 Å². The number of amides is 1. The van der Waals surface area contributed by atoms with E-state index in [-0.39, 0.29) is 16.4 Å². The van der Waals surface area contributed by atoms with Crippen LogP contribution < -0.4 is 5.14 Å². The maximum atomic E-state index is 12.6. The number of nitrogens with two attached hydrogens (primary N) is 1. The highest BCUT2D eigenvalue weighted by atomic mass is 32.2. The Hall–Kier alpha value is -1.40. The van der Waals surface area contributed by atoms with Crippen molar-refractivity contribution >= 4 is 15.9 Å². The molecule has 0 saturated heterocycles. The van der Waals surface area contributed by atoms with Gasteiger partial charge in [-0.1, -0.05) is 25.3 Å². The number of hydrogen-bond donors (Lipinski definition) is 1. The first-order chi connectivity index (χ1) is 10.9. The molecule has 23 heavy (non-hydrogen) atoms. The monoisotopic (exact) mass is 338 g/mol. The van der Waals surface area contributed by atoms with Crippen LogP contribution in [0.2, 0.25) is 0 Å². The lowest BCUT2D eigenvalue weighted by Crippen LogP contribution is -2.32. The Morgan fingerprint density at radius 2 is 1.78 bits per heavy atom. The average Bonchev–Trinajstić information content (AvgIpc) is 2.55. The molecule has 1 amide bonds. The van der Waals surface area contributed by atoms with Gasteiger partial charge in [0.05, 0.1) is 10.5 Å². The van der Waals surface area contributed by atoms with Crippen LogP contribution in [0, 0.1) is 0 Å². The van der Waals surface area contributed by atoms with Crippen molar-refractivity contribution in [1.29, 1.82) is 0 Å². The van der Waals surface area contributed by atoms with E-state index in [9.17, 15) is 13.2 Å². The van der Waals surface area contributed by atoms with Gasteiger partial charge in [-0.05, 0) is 50.3 Å². The normalized spacial score (nSPS) is 16.3. The fraction of sp³-hybridized carbons (Fsp3) is 0.588. The molecule has 1 aliphatic rings. The minimum Gasteiger partial charge on any atom is -0.339 e. The lowest BCUT2D eigenvalue weighted by molar-refractivity contribution is 0.0769. The first-order valence-corrected chi connectivity index (χ1v) is 9.89. The standard InChI is InChI=1S/C17H26N2O3S/c1-3-19(4-2)17(20)15-11-10-14(12-16(15)23(18,21)22)13-8-6-5-7-9-13/h10-13H,3-9H2,1-2H3,(H2,18,21,22). The van der Waals surface area contributed by atoms with Gasteiger partial charge < -0.3 is 4.90 Å². The molecule has 2 rings (SSSR count). The summed E-state index contributed by atoms with van der Waals surface area (Å²) in [7, 11) is -3.94. The minimum absolute atomic E-state index is 0.0440. The van der Waals surface area contributed by atoms with Crippen molar-refractivity contribution in [2.24, 2.45) is 5.14 Å². The molecule has 0 bridgehead atoms. The summed E-state index contributed by atoms with van der Waals surface area (Å²) in [5.74, 6) is 0.0797. The van der Waals surface area contributed by atoms with E-state index in [2.05, 4.69) is 0 Å². The highest BCUT2D eigenvalue weighted by Crippen LogP contribution is 2.34. The van der Waals surface area contributed by atoms with E-state index in [1.807, 2.05) is 19.9 Å². The number of carbonyl (C=O) groups excluding carboxylic acids is 1. The zero-order valence-corrected chi connectivity index (χ0v) is 14.7. The van der Waals surface area contributed by atoms with Gasteiger partial charge in [0.15, 0.2) is 0 Å². The van der Waals surface area contributed by atoms with Crippen molar-refractivity contribution in [2.75, 3.05) is 13.1 Å². The molecule has 1 aliphatic carbocycles. The van der Waals surface area contributed by atoms with E-state index in [0.29, 0.717) is 19.0 Å². The summed E-state index contributed by atoms with van der Waals surface area (Å²) >= 11 is 0. The van der Waals surface area contributed by atoms with Crippen LogP contribution in [0.1, 0.15) is 67.8 Å². The summed E-state index contributed by atoms with van der Waals surface area (Å²) < 4.78 is 24.0. The predicted octanol–water partition coefficient (Wildman–Crippen LogP) is 2.86. The van der Waals surface area contributed by atoms with Crippen LogP contribution >= 0.6 is 0 Å². The predicted molar refractivity (Wildman–Crippen MR) is 90.9 cm³/mol. The quantitative estimate of drug-likeness (QED) is 0.896. The molecular weight excluding hydrogens is 312 g/mol. The molecule has 0 spiro atoms. The molecule has 128 valence electrons. The molecule has 6 heteroatoms. The minimum atomic E-state index is -3.94.